The van der Waals surface area contributed by atoms with Crippen molar-refractivity contribution >= 4 is 21.6 Å². The maximum Gasteiger partial charge on any atom is 0.243 e. The molecule has 6 heteroatoms. The van der Waals surface area contributed by atoms with Gasteiger partial charge in [-0.3, -0.25) is 0 Å². The van der Waals surface area contributed by atoms with E-state index in [9.17, 15) is 13.5 Å². The summed E-state index contributed by atoms with van der Waals surface area (Å²) >= 11 is 5.91. The molecule has 0 bridgehead atoms. The summed E-state index contributed by atoms with van der Waals surface area (Å²) in [5.74, 6) is 0. The monoisotopic (exact) mass is 317 g/mol. The molecule has 112 valence electrons. The Hall–Kier alpha value is -0.620. The minimum absolute atomic E-state index is 0.00243. The quantitative estimate of drug-likeness (QED) is 0.932. The number of hydrogen-bond donors (Lipinski definition) is 1. The zero-order chi connectivity index (χ0) is 15.0. The van der Waals surface area contributed by atoms with Gasteiger partial charge in [-0.2, -0.15) is 4.31 Å². The normalized spacial score (nSPS) is 20.0. The summed E-state index contributed by atoms with van der Waals surface area (Å²) in [6.45, 7) is 4.95. The largest absolute Gasteiger partial charge is 0.392 e. The molecule has 1 aliphatic heterocycles. The zero-order valence-electron chi connectivity index (χ0n) is 11.8. The topological polar surface area (TPSA) is 57.6 Å². The summed E-state index contributed by atoms with van der Waals surface area (Å²) in [6, 6.07) is 4.48. The first-order chi connectivity index (χ1) is 9.26. The van der Waals surface area contributed by atoms with E-state index in [1.54, 1.807) is 0 Å². The van der Waals surface area contributed by atoms with Gasteiger partial charge in [0, 0.05) is 18.1 Å². The van der Waals surface area contributed by atoms with Crippen molar-refractivity contribution < 1.29 is 13.5 Å². The van der Waals surface area contributed by atoms with E-state index in [1.807, 2.05) is 0 Å². The molecule has 0 unspecified atom stereocenters. The van der Waals surface area contributed by atoms with Crippen molar-refractivity contribution in [1.29, 1.82) is 0 Å². The number of aliphatic hydroxyl groups excluding tert-OH is 1. The minimum Gasteiger partial charge on any atom is -0.392 e. The van der Waals surface area contributed by atoms with Crippen LogP contribution >= 0.6 is 11.6 Å². The fourth-order valence-electron chi connectivity index (χ4n) is 2.56. The van der Waals surface area contributed by atoms with Gasteiger partial charge in [0.05, 0.1) is 11.5 Å². The van der Waals surface area contributed by atoms with Crippen molar-refractivity contribution in [1.82, 2.24) is 4.31 Å². The van der Waals surface area contributed by atoms with Crippen LogP contribution in [0.15, 0.2) is 23.1 Å². The van der Waals surface area contributed by atoms with Crippen LogP contribution in [0.1, 0.15) is 32.3 Å². The van der Waals surface area contributed by atoms with Gasteiger partial charge in [0.15, 0.2) is 0 Å². The molecule has 1 saturated heterocycles. The fourth-order valence-corrected chi connectivity index (χ4v) is 4.45. The molecule has 1 aromatic rings. The standard InChI is InChI=1S/C14H20ClNO3S/c1-14(2)6-3-7-16(10-14)20(18,19)12-4-5-13(15)11(8-12)9-17/h4-5,8,17H,3,6-7,9-10H2,1-2H3. The lowest BCUT2D eigenvalue weighted by Crippen LogP contribution is -2.43. The predicted octanol–water partition coefficient (Wildman–Crippen LogP) is 2.64. The van der Waals surface area contributed by atoms with E-state index in [0.717, 1.165) is 12.8 Å². The second kappa shape index (κ2) is 5.64. The number of piperidine rings is 1. The highest BCUT2D eigenvalue weighted by molar-refractivity contribution is 7.89. The van der Waals surface area contributed by atoms with Crippen molar-refractivity contribution in [2.24, 2.45) is 5.41 Å². The van der Waals surface area contributed by atoms with Crippen LogP contribution in [-0.4, -0.2) is 30.9 Å². The van der Waals surface area contributed by atoms with Crippen molar-refractivity contribution in [3.63, 3.8) is 0 Å². The van der Waals surface area contributed by atoms with Crippen LogP contribution in [-0.2, 0) is 16.6 Å². The third-order valence-corrected chi connectivity index (χ3v) is 5.90. The number of rotatable bonds is 3. The van der Waals surface area contributed by atoms with E-state index in [1.165, 1.54) is 22.5 Å². The lowest BCUT2D eigenvalue weighted by atomic mass is 9.85. The van der Waals surface area contributed by atoms with Gasteiger partial charge >= 0.3 is 0 Å². The third-order valence-electron chi connectivity index (χ3n) is 3.69. The van der Waals surface area contributed by atoms with Crippen LogP contribution in [0.4, 0.5) is 0 Å². The number of sulfonamides is 1. The molecular weight excluding hydrogens is 298 g/mol. The zero-order valence-corrected chi connectivity index (χ0v) is 13.3. The first-order valence-corrected chi connectivity index (χ1v) is 8.47. The molecule has 1 heterocycles. The second-order valence-electron chi connectivity index (χ2n) is 6.02. The predicted molar refractivity (Wildman–Crippen MR) is 79.1 cm³/mol. The average molecular weight is 318 g/mol. The van der Waals surface area contributed by atoms with E-state index in [-0.39, 0.29) is 16.9 Å². The fraction of sp³-hybridized carbons (Fsp3) is 0.571. The van der Waals surface area contributed by atoms with Crippen LogP contribution < -0.4 is 0 Å². The Labute approximate surface area is 125 Å². The molecular formula is C14H20ClNO3S. The van der Waals surface area contributed by atoms with Crippen molar-refractivity contribution in [2.75, 3.05) is 13.1 Å². The molecule has 1 fully saturated rings. The van der Waals surface area contributed by atoms with Gasteiger partial charge in [0.2, 0.25) is 10.0 Å². The number of benzene rings is 1. The molecule has 0 aromatic heterocycles. The maximum absolute atomic E-state index is 12.7. The highest BCUT2D eigenvalue weighted by Gasteiger charge is 2.34. The Morgan fingerprint density at radius 3 is 2.70 bits per heavy atom. The Bertz CT molecular complexity index is 598. The third kappa shape index (κ3) is 3.17. The van der Waals surface area contributed by atoms with Crippen LogP contribution in [0, 0.1) is 5.41 Å². The Morgan fingerprint density at radius 1 is 1.40 bits per heavy atom. The molecule has 0 radical (unpaired) electrons. The van der Waals surface area contributed by atoms with Crippen molar-refractivity contribution in [2.45, 2.75) is 38.2 Å². The van der Waals surface area contributed by atoms with Gasteiger partial charge in [-0.05, 0) is 42.0 Å². The van der Waals surface area contributed by atoms with Gasteiger partial charge in [-0.1, -0.05) is 25.4 Å². The molecule has 1 aliphatic rings. The molecule has 1 aromatic carbocycles. The highest BCUT2D eigenvalue weighted by atomic mass is 35.5. The SMILES string of the molecule is CC1(C)CCCN(S(=O)(=O)c2ccc(Cl)c(CO)c2)C1. The lowest BCUT2D eigenvalue weighted by Gasteiger charge is -2.37. The summed E-state index contributed by atoms with van der Waals surface area (Å²) in [5.41, 5.74) is 0.432. The highest BCUT2D eigenvalue weighted by Crippen LogP contribution is 2.32. The van der Waals surface area contributed by atoms with Crippen molar-refractivity contribution in [3.8, 4) is 0 Å². The van der Waals surface area contributed by atoms with Gasteiger partial charge in [-0.25, -0.2) is 8.42 Å². The summed E-state index contributed by atoms with van der Waals surface area (Å²) in [4.78, 5) is 0.198. The van der Waals surface area contributed by atoms with Crippen molar-refractivity contribution in [3.05, 3.63) is 28.8 Å². The number of aliphatic hydroxyl groups is 1. The van der Waals surface area contributed by atoms with Crippen LogP contribution in [0.2, 0.25) is 5.02 Å². The van der Waals surface area contributed by atoms with Gasteiger partial charge in [-0.15, -0.1) is 0 Å². The molecule has 4 nitrogen and oxygen atoms in total. The lowest BCUT2D eigenvalue weighted by molar-refractivity contribution is 0.187. The smallest absolute Gasteiger partial charge is 0.243 e. The summed E-state index contributed by atoms with van der Waals surface area (Å²) in [7, 11) is -3.52. The average Bonchev–Trinajstić information content (AvgIpc) is 2.37. The van der Waals surface area contributed by atoms with E-state index in [4.69, 9.17) is 11.6 Å². The number of nitrogens with zero attached hydrogens (tertiary/aromatic N) is 1. The maximum atomic E-state index is 12.7. The van der Waals surface area contributed by atoms with Gasteiger partial charge < -0.3 is 5.11 Å². The molecule has 0 saturated carbocycles. The Balaban J connectivity index is 2.35. The van der Waals surface area contributed by atoms with E-state index < -0.39 is 10.0 Å². The number of hydrogen-bond acceptors (Lipinski definition) is 3. The molecule has 0 amide bonds. The van der Waals surface area contributed by atoms with Crippen LogP contribution in [0.5, 0.6) is 0 Å². The second-order valence-corrected chi connectivity index (χ2v) is 8.36. The molecule has 1 N–H and O–H groups in total. The van der Waals surface area contributed by atoms with Gasteiger partial charge in [0.1, 0.15) is 0 Å². The minimum atomic E-state index is -3.52. The summed E-state index contributed by atoms with van der Waals surface area (Å²) in [5, 5.41) is 9.59. The molecule has 2 rings (SSSR count). The van der Waals surface area contributed by atoms with Crippen LogP contribution in [0.25, 0.3) is 0 Å². The molecule has 0 atom stereocenters. The summed E-state index contributed by atoms with van der Waals surface area (Å²) < 4.78 is 26.8. The summed E-state index contributed by atoms with van der Waals surface area (Å²) in [6.07, 6.45) is 1.90. The van der Waals surface area contributed by atoms with E-state index >= 15 is 0 Å². The molecule has 0 spiro atoms. The first kappa shape index (κ1) is 15.8. The first-order valence-electron chi connectivity index (χ1n) is 6.66. The Kier molecular flexibility index (Phi) is 4.44. The van der Waals surface area contributed by atoms with E-state index in [0.29, 0.717) is 23.7 Å². The van der Waals surface area contributed by atoms with E-state index in [2.05, 4.69) is 13.8 Å². The van der Waals surface area contributed by atoms with Gasteiger partial charge in [0.25, 0.3) is 0 Å². The molecule has 20 heavy (non-hydrogen) atoms. The molecule has 0 aliphatic carbocycles. The Morgan fingerprint density at radius 2 is 2.10 bits per heavy atom. The van der Waals surface area contributed by atoms with Crippen LogP contribution in [0.3, 0.4) is 0 Å². The number of halogens is 1.